The Morgan fingerprint density at radius 2 is 1.60 bits per heavy atom. The van der Waals surface area contributed by atoms with Crippen LogP contribution in [-0.2, 0) is 13.1 Å². The summed E-state index contributed by atoms with van der Waals surface area (Å²) in [6.07, 6.45) is 1.14. The highest BCUT2D eigenvalue weighted by Gasteiger charge is 2.30. The van der Waals surface area contributed by atoms with Crippen molar-refractivity contribution in [2.45, 2.75) is 31.5 Å². The summed E-state index contributed by atoms with van der Waals surface area (Å²) in [5.74, 6) is 2.17. The molecule has 154 valence electrons. The number of nitrogens with zero attached hydrogens (tertiary/aromatic N) is 1. The summed E-state index contributed by atoms with van der Waals surface area (Å²) in [7, 11) is 0. The minimum Gasteiger partial charge on any atom is -0.454 e. The van der Waals surface area contributed by atoms with Crippen molar-refractivity contribution in [3.05, 3.63) is 95.6 Å². The van der Waals surface area contributed by atoms with E-state index < -0.39 is 0 Å². The SMILES string of the molecule is c1ccc(CN2CC[C@H](NCc3ccc4c(c3)OCO4)[C@@H](c3ccccc3)C2)cc1. The zero-order valence-electron chi connectivity index (χ0n) is 17.2. The molecule has 2 aliphatic rings. The normalized spacial score (nSPS) is 20.9. The summed E-state index contributed by atoms with van der Waals surface area (Å²) in [6, 6.07) is 28.4. The Bertz CT molecular complexity index is 961. The summed E-state index contributed by atoms with van der Waals surface area (Å²) < 4.78 is 11.0. The Kier molecular flexibility index (Phi) is 5.69. The fraction of sp³-hybridized carbons (Fsp3) is 0.308. The van der Waals surface area contributed by atoms with Crippen molar-refractivity contribution in [3.8, 4) is 11.5 Å². The molecule has 0 unspecified atom stereocenters. The summed E-state index contributed by atoms with van der Waals surface area (Å²) in [5, 5.41) is 3.84. The summed E-state index contributed by atoms with van der Waals surface area (Å²) in [4.78, 5) is 2.59. The molecule has 4 nitrogen and oxygen atoms in total. The van der Waals surface area contributed by atoms with Crippen LogP contribution < -0.4 is 14.8 Å². The van der Waals surface area contributed by atoms with Gasteiger partial charge in [0.15, 0.2) is 11.5 Å². The number of rotatable bonds is 6. The first-order valence-corrected chi connectivity index (χ1v) is 10.8. The number of hydrogen-bond donors (Lipinski definition) is 1. The predicted molar refractivity (Wildman–Crippen MR) is 119 cm³/mol. The van der Waals surface area contributed by atoms with E-state index >= 15 is 0 Å². The summed E-state index contributed by atoms with van der Waals surface area (Å²) in [5.41, 5.74) is 4.03. The molecule has 1 N–H and O–H groups in total. The van der Waals surface area contributed by atoms with Crippen LogP contribution in [0.4, 0.5) is 0 Å². The van der Waals surface area contributed by atoms with Gasteiger partial charge in [0.25, 0.3) is 0 Å². The first-order chi connectivity index (χ1) is 14.8. The highest BCUT2D eigenvalue weighted by Crippen LogP contribution is 2.33. The second kappa shape index (κ2) is 8.90. The first-order valence-electron chi connectivity index (χ1n) is 10.8. The van der Waals surface area contributed by atoms with E-state index in [2.05, 4.69) is 83.0 Å². The number of fused-ring (bicyclic) bond motifs is 1. The molecule has 5 rings (SSSR count). The third-order valence-electron chi connectivity index (χ3n) is 6.18. The zero-order valence-corrected chi connectivity index (χ0v) is 17.2. The smallest absolute Gasteiger partial charge is 0.231 e. The van der Waals surface area contributed by atoms with E-state index in [4.69, 9.17) is 9.47 Å². The number of piperidine rings is 1. The second-order valence-electron chi connectivity index (χ2n) is 8.20. The average Bonchev–Trinajstić information content (AvgIpc) is 3.27. The molecule has 0 spiro atoms. The van der Waals surface area contributed by atoms with Crippen LogP contribution in [0.1, 0.15) is 29.0 Å². The lowest BCUT2D eigenvalue weighted by molar-refractivity contribution is 0.166. The van der Waals surface area contributed by atoms with Gasteiger partial charge in [0.05, 0.1) is 0 Å². The number of hydrogen-bond acceptors (Lipinski definition) is 4. The van der Waals surface area contributed by atoms with Crippen LogP contribution in [-0.4, -0.2) is 30.8 Å². The lowest BCUT2D eigenvalue weighted by atomic mass is 9.85. The number of likely N-dealkylation sites (tertiary alicyclic amines) is 1. The van der Waals surface area contributed by atoms with E-state index in [0.29, 0.717) is 18.8 Å². The monoisotopic (exact) mass is 400 g/mol. The highest BCUT2D eigenvalue weighted by atomic mass is 16.7. The van der Waals surface area contributed by atoms with Crippen molar-refractivity contribution >= 4 is 0 Å². The standard InChI is InChI=1S/C26H28N2O2/c1-3-7-20(8-4-1)17-28-14-13-24(23(18-28)22-9-5-2-6-10-22)27-16-21-11-12-25-26(15-21)30-19-29-25/h1-12,15,23-24,27H,13-14,16-19H2/t23-,24+/m1/s1. The van der Waals surface area contributed by atoms with Gasteiger partial charge < -0.3 is 14.8 Å². The molecule has 0 amide bonds. The Hall–Kier alpha value is -2.82. The van der Waals surface area contributed by atoms with Crippen molar-refractivity contribution in [3.63, 3.8) is 0 Å². The molecule has 0 aromatic heterocycles. The molecule has 3 aromatic rings. The maximum Gasteiger partial charge on any atom is 0.231 e. The molecule has 0 saturated carbocycles. The minimum absolute atomic E-state index is 0.322. The zero-order chi connectivity index (χ0) is 20.2. The van der Waals surface area contributed by atoms with Gasteiger partial charge in [0.2, 0.25) is 6.79 Å². The molecule has 2 atom stereocenters. The highest BCUT2D eigenvalue weighted by molar-refractivity contribution is 5.44. The molecule has 1 saturated heterocycles. The van der Waals surface area contributed by atoms with Gasteiger partial charge in [0, 0.05) is 38.1 Å². The number of benzene rings is 3. The van der Waals surface area contributed by atoms with Gasteiger partial charge in [-0.25, -0.2) is 0 Å². The molecular formula is C26H28N2O2. The largest absolute Gasteiger partial charge is 0.454 e. The van der Waals surface area contributed by atoms with Gasteiger partial charge >= 0.3 is 0 Å². The quantitative estimate of drug-likeness (QED) is 0.658. The Morgan fingerprint density at radius 3 is 2.43 bits per heavy atom. The molecule has 0 bridgehead atoms. The van der Waals surface area contributed by atoms with Crippen LogP contribution in [0.15, 0.2) is 78.9 Å². The van der Waals surface area contributed by atoms with Gasteiger partial charge in [-0.1, -0.05) is 66.7 Å². The van der Waals surface area contributed by atoms with Crippen molar-refractivity contribution in [1.82, 2.24) is 10.2 Å². The van der Waals surface area contributed by atoms with Crippen LogP contribution >= 0.6 is 0 Å². The molecule has 2 heterocycles. The third kappa shape index (κ3) is 4.35. The van der Waals surface area contributed by atoms with E-state index in [0.717, 1.165) is 44.1 Å². The number of ether oxygens (including phenoxy) is 2. The van der Waals surface area contributed by atoms with Crippen molar-refractivity contribution in [2.75, 3.05) is 19.9 Å². The Balaban J connectivity index is 1.28. The summed E-state index contributed by atoms with van der Waals surface area (Å²) >= 11 is 0. The second-order valence-corrected chi connectivity index (χ2v) is 8.20. The maximum atomic E-state index is 5.54. The van der Waals surface area contributed by atoms with Crippen LogP contribution in [0.5, 0.6) is 11.5 Å². The molecule has 30 heavy (non-hydrogen) atoms. The third-order valence-corrected chi connectivity index (χ3v) is 6.18. The van der Waals surface area contributed by atoms with Crippen LogP contribution in [0, 0.1) is 0 Å². The van der Waals surface area contributed by atoms with E-state index in [1.54, 1.807) is 0 Å². The van der Waals surface area contributed by atoms with E-state index in [9.17, 15) is 0 Å². The van der Waals surface area contributed by atoms with Crippen LogP contribution in [0.2, 0.25) is 0 Å². The van der Waals surface area contributed by atoms with Crippen LogP contribution in [0.3, 0.4) is 0 Å². The van der Waals surface area contributed by atoms with Gasteiger partial charge in [-0.05, 0) is 35.2 Å². The van der Waals surface area contributed by atoms with E-state index in [1.165, 1.54) is 16.7 Å². The van der Waals surface area contributed by atoms with Gasteiger partial charge in [-0.2, -0.15) is 0 Å². The molecule has 2 aliphatic heterocycles. The van der Waals surface area contributed by atoms with E-state index in [1.807, 2.05) is 6.07 Å². The topological polar surface area (TPSA) is 33.7 Å². The molecule has 0 radical (unpaired) electrons. The van der Waals surface area contributed by atoms with Gasteiger partial charge in [0.1, 0.15) is 0 Å². The maximum absolute atomic E-state index is 5.54. The first kappa shape index (κ1) is 19.2. The number of nitrogens with one attached hydrogen (secondary N) is 1. The molecular weight excluding hydrogens is 372 g/mol. The van der Waals surface area contributed by atoms with Crippen molar-refractivity contribution in [2.24, 2.45) is 0 Å². The lowest BCUT2D eigenvalue weighted by Gasteiger charge is -2.39. The Labute approximate surface area is 178 Å². The van der Waals surface area contributed by atoms with Gasteiger partial charge in [-0.3, -0.25) is 4.90 Å². The van der Waals surface area contributed by atoms with Crippen LogP contribution in [0.25, 0.3) is 0 Å². The minimum atomic E-state index is 0.322. The fourth-order valence-corrected chi connectivity index (χ4v) is 4.59. The molecule has 4 heteroatoms. The fourth-order valence-electron chi connectivity index (χ4n) is 4.59. The van der Waals surface area contributed by atoms with Gasteiger partial charge in [-0.15, -0.1) is 0 Å². The average molecular weight is 401 g/mol. The summed E-state index contributed by atoms with van der Waals surface area (Å²) in [6.45, 7) is 4.35. The van der Waals surface area contributed by atoms with Crippen molar-refractivity contribution < 1.29 is 9.47 Å². The molecule has 0 aliphatic carbocycles. The lowest BCUT2D eigenvalue weighted by Crippen LogP contribution is -2.47. The van der Waals surface area contributed by atoms with Crippen molar-refractivity contribution in [1.29, 1.82) is 0 Å². The predicted octanol–water partition coefficient (Wildman–Crippen LogP) is 4.56. The molecule has 1 fully saturated rings. The Morgan fingerprint density at radius 1 is 0.833 bits per heavy atom. The van der Waals surface area contributed by atoms with E-state index in [-0.39, 0.29) is 0 Å². The molecule has 3 aromatic carbocycles.